The molecule has 5 aliphatic rings. The van der Waals surface area contributed by atoms with E-state index in [4.69, 9.17) is 0 Å². The molecule has 0 saturated carbocycles. The molecule has 0 fully saturated rings. The van der Waals surface area contributed by atoms with Gasteiger partial charge in [0.15, 0.2) is 0 Å². The molecule has 10 aromatic rings. The summed E-state index contributed by atoms with van der Waals surface area (Å²) in [6.07, 6.45) is 9.07. The Balaban J connectivity index is 0.638. The lowest BCUT2D eigenvalue weighted by molar-refractivity contribution is 0.660. The molecule has 2 nitrogen and oxygen atoms in total. The summed E-state index contributed by atoms with van der Waals surface area (Å²) >= 11 is 0. The van der Waals surface area contributed by atoms with Crippen LogP contribution in [0.1, 0.15) is 69.5 Å². The number of fused-ring (bicyclic) bond motifs is 13. The molecule has 1 aliphatic carbocycles. The van der Waals surface area contributed by atoms with Crippen molar-refractivity contribution in [1.82, 2.24) is 0 Å². The van der Waals surface area contributed by atoms with E-state index in [0.29, 0.717) is 0 Å². The molecule has 0 amide bonds. The summed E-state index contributed by atoms with van der Waals surface area (Å²) in [5.41, 5.74) is 26.8. The summed E-state index contributed by atoms with van der Waals surface area (Å²) in [5.74, 6) is 0. The van der Waals surface area contributed by atoms with E-state index in [-0.39, 0.29) is 5.41 Å². The lowest BCUT2D eigenvalue weighted by atomic mass is 9.81. The normalized spacial score (nSPS) is 16.3. The van der Waals surface area contributed by atoms with Crippen molar-refractivity contribution in [2.24, 2.45) is 0 Å². The van der Waals surface area contributed by atoms with Gasteiger partial charge in [-0.3, -0.25) is 0 Å². The fourth-order valence-corrected chi connectivity index (χ4v) is 25.5. The van der Waals surface area contributed by atoms with Crippen LogP contribution < -0.4 is 30.5 Å². The predicted octanol–water partition coefficient (Wildman–Crippen LogP) is 14.7. The van der Waals surface area contributed by atoms with E-state index < -0.39 is 16.1 Å². The van der Waals surface area contributed by atoms with E-state index in [0.717, 1.165) is 0 Å². The van der Waals surface area contributed by atoms with Gasteiger partial charge < -0.3 is 9.80 Å². The molecule has 0 saturated heterocycles. The first-order valence-corrected chi connectivity index (χ1v) is 32.4. The Morgan fingerprint density at radius 3 is 1.05 bits per heavy atom. The van der Waals surface area contributed by atoms with Gasteiger partial charge in [0.2, 0.25) is 0 Å². The minimum absolute atomic E-state index is 0.120. The Labute approximate surface area is 456 Å². The van der Waals surface area contributed by atoms with E-state index in [2.05, 4.69) is 280 Å². The average Bonchev–Trinajstić information content (AvgIpc) is 4.36. The SMILES string of the molecule is CN1c2ccccc2[Si]2(Cc3ccccc3C2)c2ccc(-c3ccc(/C=C/c4ccc5c(c4)C(C)(C)c4cc(/C=C/c6ccc(-c7ccc8c(c7)N(C)c7ccccc7[Si]87Cc8ccccc8C7)cc6)ccc4-5)cc3)cc21. The van der Waals surface area contributed by atoms with Gasteiger partial charge in [0.1, 0.15) is 16.1 Å². The van der Waals surface area contributed by atoms with Gasteiger partial charge in [-0.25, -0.2) is 0 Å². The first kappa shape index (κ1) is 46.1. The number of rotatable bonds is 6. The molecule has 15 rings (SSSR count). The smallest absolute Gasteiger partial charge is 0.132 e. The van der Waals surface area contributed by atoms with Crippen molar-refractivity contribution in [2.45, 2.75) is 43.4 Å². The second kappa shape index (κ2) is 17.4. The van der Waals surface area contributed by atoms with Crippen molar-refractivity contribution in [1.29, 1.82) is 0 Å². The van der Waals surface area contributed by atoms with Gasteiger partial charge in [0.05, 0.1) is 0 Å². The Hall–Kier alpha value is -8.29. The van der Waals surface area contributed by atoms with Crippen molar-refractivity contribution in [2.75, 3.05) is 23.9 Å². The van der Waals surface area contributed by atoms with Crippen molar-refractivity contribution in [3.8, 4) is 33.4 Å². The van der Waals surface area contributed by atoms with Gasteiger partial charge >= 0.3 is 0 Å². The lowest BCUT2D eigenvalue weighted by Gasteiger charge is -2.41. The zero-order valence-corrected chi connectivity index (χ0v) is 46.3. The van der Waals surface area contributed by atoms with Crippen LogP contribution in [0, 0.1) is 0 Å². The predicted molar refractivity (Wildman–Crippen MR) is 332 cm³/mol. The highest BCUT2D eigenvalue weighted by Crippen LogP contribution is 2.50. The zero-order chi connectivity index (χ0) is 51.6. The molecule has 0 bridgehead atoms. The zero-order valence-electron chi connectivity index (χ0n) is 44.3. The van der Waals surface area contributed by atoms with Crippen molar-refractivity contribution in [3.63, 3.8) is 0 Å². The topological polar surface area (TPSA) is 6.48 Å². The van der Waals surface area contributed by atoms with Crippen LogP contribution in [0.3, 0.4) is 0 Å². The van der Waals surface area contributed by atoms with Crippen LogP contribution in [0.25, 0.3) is 57.7 Å². The number of anilines is 4. The number of nitrogens with zero attached hydrogens (tertiary/aromatic N) is 2. The molecule has 77 heavy (non-hydrogen) atoms. The first-order valence-electron chi connectivity index (χ1n) is 27.6. The Morgan fingerprint density at radius 2 is 0.649 bits per heavy atom. The minimum Gasteiger partial charge on any atom is -0.345 e. The highest BCUT2D eigenvalue weighted by atomic mass is 28.3. The van der Waals surface area contributed by atoms with Crippen molar-refractivity contribution < 1.29 is 0 Å². The van der Waals surface area contributed by atoms with E-state index in [1.54, 1.807) is 20.7 Å². The molecule has 2 spiro atoms. The number of para-hydroxylation sites is 2. The third kappa shape index (κ3) is 7.19. The molecule has 0 N–H and O–H groups in total. The summed E-state index contributed by atoms with van der Waals surface area (Å²) < 4.78 is 0. The summed E-state index contributed by atoms with van der Waals surface area (Å²) in [4.78, 5) is 4.88. The van der Waals surface area contributed by atoms with E-state index >= 15 is 0 Å². The number of benzene rings is 10. The van der Waals surface area contributed by atoms with Crippen LogP contribution in [-0.2, 0) is 29.6 Å². The molecule has 4 heteroatoms. The van der Waals surface area contributed by atoms with Crippen LogP contribution in [0.15, 0.2) is 218 Å². The largest absolute Gasteiger partial charge is 0.345 e. The van der Waals surface area contributed by atoms with Crippen molar-refractivity contribution >= 4 is 83.9 Å². The Bertz CT molecular complexity index is 3810. The third-order valence-electron chi connectivity index (χ3n) is 18.7. The van der Waals surface area contributed by atoms with Gasteiger partial charge in [-0.05, 0) is 158 Å². The first-order chi connectivity index (χ1) is 37.6. The fraction of sp³-hybridized carbons (Fsp3) is 0.123. The lowest BCUT2D eigenvalue weighted by Crippen LogP contribution is -2.64. The standard InChI is InChI=1S/C73H60N2Si2/c1-73(2)63-41-51(23-21-49-25-31-53(32-26-49)55-35-39-71-67(43-55)74(3)65-17-9-11-19-69(65)76(71)45-57-13-5-6-14-58(57)46-76)29-37-61(63)62-38-30-52(42-64(62)73)24-22-50-27-33-54(34-28-50)56-36-40-72-68(44-56)75(4)66-18-10-12-20-70(66)77(72)47-59-15-7-8-16-60(59)48-77/h5-44H,45-48H2,1-4H3/b23-21+,24-22+. The summed E-state index contributed by atoms with van der Waals surface area (Å²) in [6, 6.07) is 88.3. The molecule has 0 radical (unpaired) electrons. The Kier molecular flexibility index (Phi) is 10.4. The van der Waals surface area contributed by atoms with Crippen LogP contribution >= 0.6 is 0 Å². The number of hydrogen-bond acceptors (Lipinski definition) is 2. The number of hydrogen-bond donors (Lipinski definition) is 0. The third-order valence-corrected chi connectivity index (χ3v) is 28.4. The van der Waals surface area contributed by atoms with Gasteiger partial charge in [-0.15, -0.1) is 0 Å². The summed E-state index contributed by atoms with van der Waals surface area (Å²) in [7, 11) is 0.476. The second-order valence-electron chi connectivity index (χ2n) is 23.2. The van der Waals surface area contributed by atoms with E-state index in [9.17, 15) is 0 Å². The van der Waals surface area contributed by atoms with Gasteiger partial charge in [0, 0.05) is 42.3 Å². The quantitative estimate of drug-likeness (QED) is 0.121. The average molecular weight is 1020 g/mol. The molecular formula is C73H60N2Si2. The monoisotopic (exact) mass is 1020 g/mol. The summed E-state index contributed by atoms with van der Waals surface area (Å²) in [6.45, 7) is 4.77. The highest BCUT2D eigenvalue weighted by Gasteiger charge is 2.50. The molecule has 0 aromatic heterocycles. The van der Waals surface area contributed by atoms with Gasteiger partial charge in [-0.2, -0.15) is 0 Å². The van der Waals surface area contributed by atoms with Crippen LogP contribution in [0.4, 0.5) is 22.7 Å². The van der Waals surface area contributed by atoms with Crippen LogP contribution in [-0.4, -0.2) is 30.2 Å². The maximum atomic E-state index is 2.48. The van der Waals surface area contributed by atoms with E-state index in [1.807, 2.05) is 0 Å². The second-order valence-corrected chi connectivity index (χ2v) is 31.1. The fourth-order valence-electron chi connectivity index (χ4n) is 14.6. The van der Waals surface area contributed by atoms with E-state index in [1.165, 1.54) is 136 Å². The minimum atomic E-state index is -2.02. The highest BCUT2D eigenvalue weighted by molar-refractivity contribution is 7.05. The maximum absolute atomic E-state index is 2.48. The molecular weight excluding hydrogens is 961 g/mol. The van der Waals surface area contributed by atoms with Gasteiger partial charge in [-0.1, -0.05) is 232 Å². The van der Waals surface area contributed by atoms with Crippen molar-refractivity contribution in [3.05, 3.63) is 274 Å². The maximum Gasteiger partial charge on any atom is 0.132 e. The van der Waals surface area contributed by atoms with Gasteiger partial charge in [0.25, 0.3) is 0 Å². The summed E-state index contributed by atoms with van der Waals surface area (Å²) in [5, 5.41) is 6.30. The molecule has 4 heterocycles. The molecule has 4 aliphatic heterocycles. The Morgan fingerprint density at radius 1 is 0.325 bits per heavy atom. The molecule has 10 aromatic carbocycles. The molecule has 370 valence electrons. The molecule has 0 unspecified atom stereocenters. The van der Waals surface area contributed by atoms with Crippen LogP contribution in [0.5, 0.6) is 0 Å². The molecule has 0 atom stereocenters. The van der Waals surface area contributed by atoms with Crippen LogP contribution in [0.2, 0.25) is 0 Å².